The lowest BCUT2D eigenvalue weighted by Gasteiger charge is -2.17. The van der Waals surface area contributed by atoms with Gasteiger partial charge in [0.25, 0.3) is 0 Å². The van der Waals surface area contributed by atoms with E-state index in [9.17, 15) is 9.59 Å². The van der Waals surface area contributed by atoms with Gasteiger partial charge < -0.3 is 4.74 Å². The van der Waals surface area contributed by atoms with Crippen molar-refractivity contribution in [2.45, 2.75) is 40.4 Å². The van der Waals surface area contributed by atoms with Crippen molar-refractivity contribution in [1.29, 1.82) is 0 Å². The smallest absolute Gasteiger partial charge is 0.426 e. The Balaban J connectivity index is 4.78. The lowest BCUT2D eigenvalue weighted by Crippen LogP contribution is -2.46. The van der Waals surface area contributed by atoms with Gasteiger partial charge in [-0.15, -0.1) is 0 Å². The molecule has 0 bridgehead atoms. The number of nitrogens with one attached hydrogen (secondary N) is 2. The fraction of sp³-hybridized carbons (Fsp3) is 0.800. The third-order valence-electron chi connectivity index (χ3n) is 1.46. The highest BCUT2D eigenvalue weighted by atomic mass is 16.6. The summed E-state index contributed by atoms with van der Waals surface area (Å²) in [6.45, 7) is -3.33. The molecule has 0 heterocycles. The summed E-state index contributed by atoms with van der Waals surface area (Å²) in [5, 5.41) is 0. The lowest BCUT2D eigenvalue weighted by atomic mass is 9.96. The zero-order chi connectivity index (χ0) is 16.9. The van der Waals surface area contributed by atoms with Crippen molar-refractivity contribution >= 4 is 12.0 Å². The summed E-state index contributed by atoms with van der Waals surface area (Å²) in [6, 6.07) is 0. The van der Waals surface area contributed by atoms with Crippen molar-refractivity contribution < 1.29 is 22.6 Å². The molecule has 0 unspecified atom stereocenters. The molecule has 5 heteroatoms. The van der Waals surface area contributed by atoms with Gasteiger partial charge in [0, 0.05) is 13.6 Å². The summed E-state index contributed by atoms with van der Waals surface area (Å²) >= 11 is 0. The summed E-state index contributed by atoms with van der Waals surface area (Å²) in [5.41, 5.74) is 0.954. The Bertz CT molecular complexity index is 366. The largest absolute Gasteiger partial charge is 0.448 e. The molecular formula is C10H20N2O3. The van der Waals surface area contributed by atoms with Crippen LogP contribution in [-0.4, -0.2) is 18.6 Å². The van der Waals surface area contributed by atoms with Gasteiger partial charge in [-0.3, -0.25) is 10.2 Å². The summed E-state index contributed by atoms with van der Waals surface area (Å²) in [5.74, 6) is -1.34. The Labute approximate surface area is 99.0 Å². The fourth-order valence-corrected chi connectivity index (χ4v) is 0.578. The van der Waals surface area contributed by atoms with Crippen molar-refractivity contribution in [3.8, 4) is 0 Å². The minimum atomic E-state index is -3.07. The molecule has 0 saturated carbocycles. The van der Waals surface area contributed by atoms with Crippen LogP contribution in [-0.2, 0) is 9.53 Å². The molecule has 0 radical (unpaired) electrons. The van der Waals surface area contributed by atoms with Gasteiger partial charge in [-0.2, -0.15) is 0 Å². The third-order valence-corrected chi connectivity index (χ3v) is 1.46. The molecule has 15 heavy (non-hydrogen) atoms. The number of ether oxygens (including phenoxy) is 1. The van der Waals surface area contributed by atoms with E-state index in [0.717, 1.165) is 13.3 Å². The number of carbonyl (C=O) groups excluding carboxylic acids is 2. The second-order valence-corrected chi connectivity index (χ2v) is 3.19. The highest BCUT2D eigenvalue weighted by Gasteiger charge is 2.21. The van der Waals surface area contributed by atoms with Crippen LogP contribution < -0.4 is 10.9 Å². The first kappa shape index (κ1) is 6.35. The molecule has 5 nitrogen and oxygen atoms in total. The fourth-order valence-electron chi connectivity index (χ4n) is 0.578. The molecule has 0 aliphatic rings. The molecule has 0 aromatic rings. The molecule has 0 aliphatic heterocycles. The van der Waals surface area contributed by atoms with Gasteiger partial charge in [-0.1, -0.05) is 34.0 Å². The molecule has 2 N–H and O–H groups in total. The minimum absolute atomic E-state index is 0.133. The van der Waals surface area contributed by atoms with Crippen molar-refractivity contribution in [3.05, 3.63) is 0 Å². The predicted molar refractivity (Wildman–Crippen MR) is 57.0 cm³/mol. The quantitative estimate of drug-likeness (QED) is 0.563. The monoisotopic (exact) mass is 222 g/mol. The Kier molecular flexibility index (Phi) is 2.65. The van der Waals surface area contributed by atoms with Crippen LogP contribution in [0.4, 0.5) is 4.79 Å². The maximum absolute atomic E-state index is 11.9. The number of rotatable bonds is 3. The van der Waals surface area contributed by atoms with E-state index in [1.165, 1.54) is 0 Å². The van der Waals surface area contributed by atoms with Gasteiger partial charge in [0.05, 0.1) is 6.61 Å². The summed E-state index contributed by atoms with van der Waals surface area (Å²) < 4.78 is 48.2. The summed E-state index contributed by atoms with van der Waals surface area (Å²) in [6.07, 6.45) is 0.439. The van der Waals surface area contributed by atoms with Gasteiger partial charge in [0.2, 0.25) is 5.91 Å². The second kappa shape index (κ2) is 6.27. The van der Waals surface area contributed by atoms with Gasteiger partial charge in [-0.25, -0.2) is 10.2 Å². The number of carbonyl (C=O) groups is 2. The van der Waals surface area contributed by atoms with E-state index in [-0.39, 0.29) is 6.61 Å². The van der Waals surface area contributed by atoms with Crippen LogP contribution in [0.2, 0.25) is 0 Å². The van der Waals surface area contributed by atoms with Crippen LogP contribution in [0.1, 0.15) is 48.6 Å². The normalized spacial score (nSPS) is 18.3. The van der Waals surface area contributed by atoms with E-state index in [0.29, 0.717) is 6.42 Å². The molecule has 0 rings (SSSR count). The van der Waals surface area contributed by atoms with E-state index in [2.05, 4.69) is 4.74 Å². The number of hydrogen-bond donors (Lipinski definition) is 2. The first-order valence-electron chi connectivity index (χ1n) is 7.61. The average molecular weight is 222 g/mol. The van der Waals surface area contributed by atoms with E-state index >= 15 is 0 Å². The maximum atomic E-state index is 11.9. The Morgan fingerprint density at radius 1 is 1.40 bits per heavy atom. The minimum Gasteiger partial charge on any atom is -0.448 e. The highest BCUT2D eigenvalue weighted by Crippen LogP contribution is 2.11. The topological polar surface area (TPSA) is 67.4 Å². The highest BCUT2D eigenvalue weighted by molar-refractivity contribution is 5.83. The first-order valence-corrected chi connectivity index (χ1v) is 4.61. The van der Waals surface area contributed by atoms with E-state index in [1.807, 2.05) is 12.3 Å². The van der Waals surface area contributed by atoms with Crippen LogP contribution in [0, 0.1) is 5.41 Å². The number of hydrogen-bond acceptors (Lipinski definition) is 3. The molecule has 0 spiro atoms. The zero-order valence-corrected chi connectivity index (χ0v) is 8.85. The van der Waals surface area contributed by atoms with E-state index in [4.69, 9.17) is 8.22 Å². The molecule has 0 aromatic carbocycles. The molecule has 88 valence electrons. The van der Waals surface area contributed by atoms with Gasteiger partial charge in [0.15, 0.2) is 0 Å². The van der Waals surface area contributed by atoms with Crippen LogP contribution in [0.15, 0.2) is 0 Å². The Morgan fingerprint density at radius 2 is 2.07 bits per heavy atom. The molecule has 0 aromatic heterocycles. The van der Waals surface area contributed by atoms with Crippen molar-refractivity contribution in [1.82, 2.24) is 10.9 Å². The predicted octanol–water partition coefficient (Wildman–Crippen LogP) is 1.59. The van der Waals surface area contributed by atoms with Gasteiger partial charge in [-0.05, 0) is 6.42 Å². The summed E-state index contributed by atoms with van der Waals surface area (Å²) in [4.78, 5) is 23.1. The van der Waals surface area contributed by atoms with Crippen LogP contribution in [0.25, 0.3) is 0 Å². The van der Waals surface area contributed by atoms with Gasteiger partial charge >= 0.3 is 6.09 Å². The lowest BCUT2D eigenvalue weighted by molar-refractivity contribution is -0.129. The average Bonchev–Trinajstić information content (AvgIpc) is 2.32. The van der Waals surface area contributed by atoms with Gasteiger partial charge in [0.1, 0.15) is 0 Å². The molecule has 0 saturated heterocycles. The van der Waals surface area contributed by atoms with Crippen molar-refractivity contribution in [2.75, 3.05) is 6.61 Å². The second-order valence-electron chi connectivity index (χ2n) is 3.19. The molecule has 2 amide bonds. The van der Waals surface area contributed by atoms with Crippen molar-refractivity contribution in [3.63, 3.8) is 0 Å². The number of unbranched alkanes of at least 4 members (excludes halogenated alkanes) is 1. The molecule has 0 fully saturated rings. The van der Waals surface area contributed by atoms with Crippen LogP contribution >= 0.6 is 0 Å². The molecule has 0 atom stereocenters. The zero-order valence-electron chi connectivity index (χ0n) is 14.8. The standard InChI is InChI=1S/C10H20N2O3/c1-5-6-7-15-9(14)12-11-8(13)10(2,3)4/h5-7H2,1-4H3,(H,11,13)(H,12,14)/i2D3,3D3. The third kappa shape index (κ3) is 6.76. The Morgan fingerprint density at radius 3 is 2.60 bits per heavy atom. The van der Waals surface area contributed by atoms with E-state index in [1.54, 1.807) is 5.43 Å². The summed E-state index contributed by atoms with van der Waals surface area (Å²) in [7, 11) is 0. The maximum Gasteiger partial charge on any atom is 0.426 e. The van der Waals surface area contributed by atoms with Crippen LogP contribution in [0.3, 0.4) is 0 Å². The molecular weight excluding hydrogens is 196 g/mol. The Hall–Kier alpha value is -1.26. The molecule has 0 aliphatic carbocycles. The first-order chi connectivity index (χ1) is 9.38. The van der Waals surface area contributed by atoms with Crippen molar-refractivity contribution in [2.24, 2.45) is 5.41 Å². The SMILES string of the molecule is [2H]C([2H])([2H])C(C)(C(=O)NNC(=O)OCCCC)C([2H])([2H])[2H]. The number of hydrazine groups is 1. The van der Waals surface area contributed by atoms with Crippen LogP contribution in [0.5, 0.6) is 0 Å². The number of amides is 2. The van der Waals surface area contributed by atoms with E-state index < -0.39 is 31.1 Å².